The Balaban J connectivity index is 0.000000327. The fraction of sp³-hybridized carbons (Fsp3) is 0.273. The van der Waals surface area contributed by atoms with Gasteiger partial charge in [-0.1, -0.05) is 17.7 Å². The molecule has 18 heavy (non-hydrogen) atoms. The zero-order chi connectivity index (χ0) is 14.3. The van der Waals surface area contributed by atoms with Gasteiger partial charge in [-0.25, -0.2) is 9.59 Å². The number of hydrogen-bond acceptors (Lipinski definition) is 5. The number of carboxylic acids is 2. The number of carboxylic acid groups (broad SMARTS) is 2. The molecule has 0 amide bonds. The summed E-state index contributed by atoms with van der Waals surface area (Å²) in [5, 5.41) is 32.5. The normalized spacial score (nSPS) is 12.8. The van der Waals surface area contributed by atoms with Crippen LogP contribution in [0.2, 0.25) is 0 Å². The number of aliphatic carboxylic acids is 2. The number of benzene rings is 1. The summed E-state index contributed by atoms with van der Waals surface area (Å²) in [5.41, 5.74) is 7.51. The van der Waals surface area contributed by atoms with Gasteiger partial charge in [0.25, 0.3) is 0 Å². The Morgan fingerprint density at radius 2 is 1.33 bits per heavy atom. The highest BCUT2D eigenvalue weighted by Gasteiger charge is 2.29. The Labute approximate surface area is 103 Å². The van der Waals surface area contributed by atoms with Crippen molar-refractivity contribution in [3.8, 4) is 0 Å². The van der Waals surface area contributed by atoms with E-state index in [0.29, 0.717) is 0 Å². The van der Waals surface area contributed by atoms with E-state index in [4.69, 9.17) is 26.2 Å². The van der Waals surface area contributed by atoms with Crippen molar-refractivity contribution in [2.45, 2.75) is 19.1 Å². The summed E-state index contributed by atoms with van der Waals surface area (Å²) in [6.45, 7) is 2.04. The lowest BCUT2D eigenvalue weighted by Crippen LogP contribution is -2.39. The highest BCUT2D eigenvalue weighted by molar-refractivity contribution is 5.83. The minimum Gasteiger partial charge on any atom is -0.479 e. The molecular formula is C11H15NO6. The highest BCUT2D eigenvalue weighted by atomic mass is 16.4. The molecule has 6 N–H and O–H groups in total. The van der Waals surface area contributed by atoms with Gasteiger partial charge in [0.2, 0.25) is 0 Å². The van der Waals surface area contributed by atoms with Crippen molar-refractivity contribution in [1.29, 1.82) is 0 Å². The molecule has 7 nitrogen and oxygen atoms in total. The summed E-state index contributed by atoms with van der Waals surface area (Å²) in [7, 11) is 0. The van der Waals surface area contributed by atoms with Crippen LogP contribution in [0.25, 0.3) is 0 Å². The Hall–Kier alpha value is -2.12. The molecule has 0 aliphatic rings. The molecule has 100 valence electrons. The maximum atomic E-state index is 9.77. The SMILES string of the molecule is Cc1ccc(N)cc1.O=C(O)C(O)C(O)C(=O)O. The number of nitrogens with two attached hydrogens (primary N) is 1. The predicted octanol–water partition coefficient (Wildman–Crippen LogP) is -0.545. The molecule has 1 aromatic rings. The van der Waals surface area contributed by atoms with Crippen LogP contribution in [-0.4, -0.2) is 44.6 Å². The van der Waals surface area contributed by atoms with Crippen molar-refractivity contribution < 1.29 is 30.0 Å². The summed E-state index contributed by atoms with van der Waals surface area (Å²) in [5.74, 6) is -3.54. The summed E-state index contributed by atoms with van der Waals surface area (Å²) >= 11 is 0. The molecule has 7 heteroatoms. The second-order valence-electron chi connectivity index (χ2n) is 3.48. The zero-order valence-electron chi connectivity index (χ0n) is 9.65. The van der Waals surface area contributed by atoms with Gasteiger partial charge in [0.05, 0.1) is 0 Å². The average molecular weight is 257 g/mol. The van der Waals surface area contributed by atoms with E-state index in [2.05, 4.69) is 0 Å². The first-order valence-corrected chi connectivity index (χ1v) is 4.89. The number of rotatable bonds is 3. The van der Waals surface area contributed by atoms with E-state index in [1.807, 2.05) is 31.2 Å². The fourth-order valence-corrected chi connectivity index (χ4v) is 0.837. The van der Waals surface area contributed by atoms with Gasteiger partial charge < -0.3 is 26.2 Å². The Bertz CT molecular complexity index is 363. The molecule has 2 atom stereocenters. The minimum absolute atomic E-state index is 0.829. The van der Waals surface area contributed by atoms with E-state index >= 15 is 0 Å². The average Bonchev–Trinajstić information content (AvgIpc) is 2.31. The van der Waals surface area contributed by atoms with Crippen molar-refractivity contribution in [3.05, 3.63) is 29.8 Å². The lowest BCUT2D eigenvalue weighted by molar-refractivity contribution is -0.165. The smallest absolute Gasteiger partial charge is 0.335 e. The van der Waals surface area contributed by atoms with Gasteiger partial charge in [-0.2, -0.15) is 0 Å². The van der Waals surface area contributed by atoms with Crippen molar-refractivity contribution >= 4 is 17.6 Å². The van der Waals surface area contributed by atoms with E-state index in [1.165, 1.54) is 5.56 Å². The largest absolute Gasteiger partial charge is 0.479 e. The first kappa shape index (κ1) is 15.9. The van der Waals surface area contributed by atoms with Gasteiger partial charge in [-0.15, -0.1) is 0 Å². The van der Waals surface area contributed by atoms with E-state index in [-0.39, 0.29) is 0 Å². The van der Waals surface area contributed by atoms with Crippen LogP contribution in [0.15, 0.2) is 24.3 Å². The zero-order valence-corrected chi connectivity index (χ0v) is 9.65. The summed E-state index contributed by atoms with van der Waals surface area (Å²) in [4.78, 5) is 19.5. The van der Waals surface area contributed by atoms with Crippen molar-refractivity contribution in [1.82, 2.24) is 0 Å². The highest BCUT2D eigenvalue weighted by Crippen LogP contribution is 2.02. The maximum Gasteiger partial charge on any atom is 0.335 e. The standard InChI is InChI=1S/C7H9N.C4H6O6/c1-6-2-4-7(8)5-3-6;5-1(3(7)8)2(6)4(9)10/h2-5H,8H2,1H3;1-2,5-6H,(H,7,8)(H,9,10). The van der Waals surface area contributed by atoms with Crippen molar-refractivity contribution in [3.63, 3.8) is 0 Å². The van der Waals surface area contributed by atoms with E-state index in [1.54, 1.807) is 0 Å². The number of anilines is 1. The van der Waals surface area contributed by atoms with E-state index in [9.17, 15) is 9.59 Å². The van der Waals surface area contributed by atoms with Crippen LogP contribution in [0.4, 0.5) is 5.69 Å². The molecule has 1 aromatic carbocycles. The predicted molar refractivity (Wildman–Crippen MR) is 62.9 cm³/mol. The third kappa shape index (κ3) is 5.83. The summed E-state index contributed by atoms with van der Waals surface area (Å²) in [6.07, 6.45) is -4.53. The molecule has 0 aliphatic heterocycles. The van der Waals surface area contributed by atoms with Gasteiger partial charge >= 0.3 is 11.9 Å². The topological polar surface area (TPSA) is 141 Å². The molecule has 0 bridgehead atoms. The van der Waals surface area contributed by atoms with Crippen molar-refractivity contribution in [2.75, 3.05) is 5.73 Å². The molecule has 0 saturated carbocycles. The van der Waals surface area contributed by atoms with Crippen LogP contribution >= 0.6 is 0 Å². The monoisotopic (exact) mass is 257 g/mol. The number of aliphatic hydroxyl groups is 2. The Morgan fingerprint density at radius 1 is 1.00 bits per heavy atom. The molecule has 0 saturated heterocycles. The molecule has 0 fully saturated rings. The van der Waals surface area contributed by atoms with Gasteiger partial charge in [-0.05, 0) is 19.1 Å². The first-order valence-electron chi connectivity index (χ1n) is 4.89. The van der Waals surface area contributed by atoms with Crippen LogP contribution in [-0.2, 0) is 9.59 Å². The molecule has 0 aromatic heterocycles. The number of aryl methyl sites for hydroxylation is 1. The Kier molecular flexibility index (Phi) is 6.40. The summed E-state index contributed by atoms with van der Waals surface area (Å²) < 4.78 is 0. The van der Waals surface area contributed by atoms with Crippen LogP contribution in [0, 0.1) is 6.92 Å². The van der Waals surface area contributed by atoms with Gasteiger partial charge in [-0.3, -0.25) is 0 Å². The lowest BCUT2D eigenvalue weighted by Gasteiger charge is -2.07. The van der Waals surface area contributed by atoms with E-state index in [0.717, 1.165) is 5.69 Å². The van der Waals surface area contributed by atoms with Crippen LogP contribution < -0.4 is 5.73 Å². The van der Waals surface area contributed by atoms with Gasteiger partial charge in [0.15, 0.2) is 12.2 Å². The third-order valence-electron chi connectivity index (χ3n) is 1.88. The number of hydrogen-bond donors (Lipinski definition) is 5. The maximum absolute atomic E-state index is 9.77. The second kappa shape index (κ2) is 7.25. The molecule has 0 aliphatic carbocycles. The molecule has 1 rings (SSSR count). The molecule has 0 spiro atoms. The number of nitrogen functional groups attached to an aromatic ring is 1. The van der Waals surface area contributed by atoms with E-state index < -0.39 is 24.1 Å². The van der Waals surface area contributed by atoms with Crippen LogP contribution in [0.5, 0.6) is 0 Å². The third-order valence-corrected chi connectivity index (χ3v) is 1.88. The molecule has 0 radical (unpaired) electrons. The molecule has 2 unspecified atom stereocenters. The Morgan fingerprint density at radius 3 is 1.56 bits per heavy atom. The first-order chi connectivity index (χ1) is 8.25. The summed E-state index contributed by atoms with van der Waals surface area (Å²) in [6, 6.07) is 7.79. The minimum atomic E-state index is -2.27. The number of carbonyl (C=O) groups is 2. The van der Waals surface area contributed by atoms with Crippen LogP contribution in [0.1, 0.15) is 5.56 Å². The van der Waals surface area contributed by atoms with Gasteiger partial charge in [0.1, 0.15) is 0 Å². The number of aliphatic hydroxyl groups excluding tert-OH is 2. The molecular weight excluding hydrogens is 242 g/mol. The molecule has 0 heterocycles. The fourth-order valence-electron chi connectivity index (χ4n) is 0.837. The quantitative estimate of drug-likeness (QED) is 0.457. The second-order valence-corrected chi connectivity index (χ2v) is 3.48. The van der Waals surface area contributed by atoms with Gasteiger partial charge in [0, 0.05) is 5.69 Å². The van der Waals surface area contributed by atoms with Crippen molar-refractivity contribution in [2.24, 2.45) is 0 Å². The van der Waals surface area contributed by atoms with Crippen LogP contribution in [0.3, 0.4) is 0 Å². The lowest BCUT2D eigenvalue weighted by atomic mass is 10.2.